The quantitative estimate of drug-likeness (QED) is 0.709. The molecule has 0 unspecified atom stereocenters. The summed E-state index contributed by atoms with van der Waals surface area (Å²) in [6, 6.07) is 6.66. The number of hydrogen-bond acceptors (Lipinski definition) is 4. The maximum absolute atomic E-state index is 11.9. The monoisotopic (exact) mass is 285 g/mol. The molecule has 1 aromatic rings. The lowest BCUT2D eigenvalue weighted by Crippen LogP contribution is -2.39. The van der Waals surface area contributed by atoms with Crippen LogP contribution < -0.4 is 15.8 Å². The summed E-state index contributed by atoms with van der Waals surface area (Å²) in [5, 5.41) is 3.17. The molecule has 1 rings (SSSR count). The molecule has 6 heteroatoms. The van der Waals surface area contributed by atoms with Gasteiger partial charge in [-0.1, -0.05) is 6.92 Å². The van der Waals surface area contributed by atoms with Gasteiger partial charge in [-0.25, -0.2) is 13.1 Å². The predicted molar refractivity (Wildman–Crippen MR) is 78.7 cm³/mol. The third-order valence-corrected chi connectivity index (χ3v) is 3.93. The summed E-state index contributed by atoms with van der Waals surface area (Å²) in [5.41, 5.74) is 6.41. The summed E-state index contributed by atoms with van der Waals surface area (Å²) in [5.74, 6) is 0. The average Bonchev–Trinajstić information content (AvgIpc) is 2.34. The fourth-order valence-electron chi connectivity index (χ4n) is 1.40. The van der Waals surface area contributed by atoms with Crippen molar-refractivity contribution in [2.24, 2.45) is 5.73 Å². The minimum absolute atomic E-state index is 0.276. The van der Waals surface area contributed by atoms with Gasteiger partial charge in [0, 0.05) is 24.3 Å². The second-order valence-corrected chi connectivity index (χ2v) is 7.03. The lowest BCUT2D eigenvalue weighted by molar-refractivity contribution is 0.549. The molecule has 4 N–H and O–H groups in total. The first-order chi connectivity index (χ1) is 8.74. The number of nitrogens with one attached hydrogen (secondary N) is 2. The number of rotatable bonds is 7. The summed E-state index contributed by atoms with van der Waals surface area (Å²) in [4.78, 5) is 0.276. The van der Waals surface area contributed by atoms with E-state index in [1.54, 1.807) is 24.3 Å². The third kappa shape index (κ3) is 5.59. The van der Waals surface area contributed by atoms with Gasteiger partial charge >= 0.3 is 0 Å². The second-order valence-electron chi connectivity index (χ2n) is 5.26. The topological polar surface area (TPSA) is 84.2 Å². The van der Waals surface area contributed by atoms with Gasteiger partial charge in [0.05, 0.1) is 4.90 Å². The van der Waals surface area contributed by atoms with Crippen molar-refractivity contribution in [2.45, 2.75) is 37.6 Å². The Kier molecular flexibility index (Phi) is 5.34. The Morgan fingerprint density at radius 2 is 1.79 bits per heavy atom. The van der Waals surface area contributed by atoms with Crippen molar-refractivity contribution in [2.75, 3.05) is 18.4 Å². The number of benzene rings is 1. The first-order valence-corrected chi connectivity index (χ1v) is 7.85. The zero-order chi connectivity index (χ0) is 14.5. The van der Waals surface area contributed by atoms with Crippen molar-refractivity contribution in [3.05, 3.63) is 24.3 Å². The Morgan fingerprint density at radius 3 is 2.26 bits per heavy atom. The largest absolute Gasteiger partial charge is 0.383 e. The van der Waals surface area contributed by atoms with Gasteiger partial charge in [0.1, 0.15) is 0 Å². The molecule has 0 amide bonds. The zero-order valence-electron chi connectivity index (χ0n) is 11.7. The van der Waals surface area contributed by atoms with E-state index in [4.69, 9.17) is 5.73 Å². The predicted octanol–water partition coefficient (Wildman–Crippen LogP) is 1.52. The third-order valence-electron chi connectivity index (χ3n) is 2.45. The SMILES string of the molecule is CCCNS(=O)(=O)c1ccc(NCC(C)(C)N)cc1. The van der Waals surface area contributed by atoms with Crippen LogP contribution >= 0.6 is 0 Å². The lowest BCUT2D eigenvalue weighted by atomic mass is 10.1. The van der Waals surface area contributed by atoms with Crippen LogP contribution in [-0.4, -0.2) is 27.0 Å². The van der Waals surface area contributed by atoms with Crippen LogP contribution in [0.3, 0.4) is 0 Å². The molecule has 0 aliphatic heterocycles. The van der Waals surface area contributed by atoms with E-state index in [0.717, 1.165) is 12.1 Å². The minimum atomic E-state index is -3.39. The van der Waals surface area contributed by atoms with E-state index >= 15 is 0 Å². The van der Waals surface area contributed by atoms with E-state index in [1.807, 2.05) is 20.8 Å². The fourth-order valence-corrected chi connectivity index (χ4v) is 2.54. The van der Waals surface area contributed by atoms with Crippen LogP contribution in [0.4, 0.5) is 5.69 Å². The summed E-state index contributed by atoms with van der Waals surface area (Å²) >= 11 is 0. The van der Waals surface area contributed by atoms with Crippen molar-refractivity contribution < 1.29 is 8.42 Å². The highest BCUT2D eigenvalue weighted by Crippen LogP contribution is 2.14. The zero-order valence-corrected chi connectivity index (χ0v) is 12.5. The van der Waals surface area contributed by atoms with Crippen LogP contribution in [0.5, 0.6) is 0 Å². The molecule has 0 fully saturated rings. The van der Waals surface area contributed by atoms with Crippen molar-refractivity contribution in [3.8, 4) is 0 Å². The highest BCUT2D eigenvalue weighted by molar-refractivity contribution is 7.89. The molecule has 0 saturated heterocycles. The van der Waals surface area contributed by atoms with E-state index in [1.165, 1.54) is 0 Å². The molecule has 0 aromatic heterocycles. The molecule has 0 saturated carbocycles. The molecular weight excluding hydrogens is 262 g/mol. The van der Waals surface area contributed by atoms with Crippen LogP contribution in [0, 0.1) is 0 Å². The molecule has 0 atom stereocenters. The van der Waals surface area contributed by atoms with E-state index in [-0.39, 0.29) is 10.4 Å². The lowest BCUT2D eigenvalue weighted by Gasteiger charge is -2.19. The van der Waals surface area contributed by atoms with E-state index < -0.39 is 10.0 Å². The van der Waals surface area contributed by atoms with Crippen LogP contribution in [0.2, 0.25) is 0 Å². The molecule has 0 spiro atoms. The Hall–Kier alpha value is -1.11. The van der Waals surface area contributed by atoms with Crippen molar-refractivity contribution >= 4 is 15.7 Å². The van der Waals surface area contributed by atoms with Crippen LogP contribution in [0.25, 0.3) is 0 Å². The first-order valence-electron chi connectivity index (χ1n) is 6.37. The number of anilines is 1. The van der Waals surface area contributed by atoms with E-state index in [2.05, 4.69) is 10.0 Å². The Morgan fingerprint density at radius 1 is 1.21 bits per heavy atom. The highest BCUT2D eigenvalue weighted by atomic mass is 32.2. The van der Waals surface area contributed by atoms with Crippen LogP contribution in [0.15, 0.2) is 29.2 Å². The van der Waals surface area contributed by atoms with Crippen molar-refractivity contribution in [1.82, 2.24) is 4.72 Å². The molecule has 0 radical (unpaired) electrons. The summed E-state index contributed by atoms with van der Waals surface area (Å²) < 4.78 is 26.3. The Labute approximate surface area is 115 Å². The summed E-state index contributed by atoms with van der Waals surface area (Å²) in [6.45, 7) is 6.84. The molecule has 1 aromatic carbocycles. The summed E-state index contributed by atoms with van der Waals surface area (Å²) in [6.07, 6.45) is 0.768. The molecular formula is C13H23N3O2S. The van der Waals surface area contributed by atoms with Crippen molar-refractivity contribution in [3.63, 3.8) is 0 Å². The average molecular weight is 285 g/mol. The fraction of sp³-hybridized carbons (Fsp3) is 0.538. The van der Waals surface area contributed by atoms with Gasteiger partial charge in [0.15, 0.2) is 0 Å². The number of hydrogen-bond donors (Lipinski definition) is 3. The maximum atomic E-state index is 11.9. The maximum Gasteiger partial charge on any atom is 0.240 e. The number of nitrogens with two attached hydrogens (primary N) is 1. The van der Waals surface area contributed by atoms with Gasteiger partial charge in [-0.3, -0.25) is 0 Å². The van der Waals surface area contributed by atoms with Gasteiger partial charge < -0.3 is 11.1 Å². The molecule has 0 aliphatic carbocycles. The molecule has 5 nitrogen and oxygen atoms in total. The molecule has 19 heavy (non-hydrogen) atoms. The standard InChI is InChI=1S/C13H23N3O2S/c1-4-9-16-19(17,18)12-7-5-11(6-8-12)15-10-13(2,3)14/h5-8,15-16H,4,9-10,14H2,1-3H3. The van der Waals surface area contributed by atoms with Gasteiger partial charge in [-0.05, 0) is 44.5 Å². The van der Waals surface area contributed by atoms with Gasteiger partial charge in [0.2, 0.25) is 10.0 Å². The second kappa shape index (κ2) is 6.36. The molecule has 108 valence electrons. The van der Waals surface area contributed by atoms with Gasteiger partial charge in [-0.2, -0.15) is 0 Å². The smallest absolute Gasteiger partial charge is 0.240 e. The number of sulfonamides is 1. The van der Waals surface area contributed by atoms with Gasteiger partial charge in [0.25, 0.3) is 0 Å². The van der Waals surface area contributed by atoms with Gasteiger partial charge in [-0.15, -0.1) is 0 Å². The van der Waals surface area contributed by atoms with E-state index in [9.17, 15) is 8.42 Å². The van der Waals surface area contributed by atoms with E-state index in [0.29, 0.717) is 13.1 Å². The molecule has 0 heterocycles. The molecule has 0 bridgehead atoms. The van der Waals surface area contributed by atoms with Crippen LogP contribution in [0.1, 0.15) is 27.2 Å². The van der Waals surface area contributed by atoms with Crippen LogP contribution in [-0.2, 0) is 10.0 Å². The first kappa shape index (κ1) is 15.9. The summed E-state index contributed by atoms with van der Waals surface area (Å²) in [7, 11) is -3.39. The van der Waals surface area contributed by atoms with Crippen molar-refractivity contribution in [1.29, 1.82) is 0 Å². The Bertz CT molecular complexity index is 490. The highest BCUT2D eigenvalue weighted by Gasteiger charge is 2.13. The molecule has 0 aliphatic rings. The Balaban J connectivity index is 2.71. The minimum Gasteiger partial charge on any atom is -0.383 e. The normalized spacial score (nSPS) is 12.4.